The molecule has 0 bridgehead atoms. The fraction of sp³-hybridized carbons (Fsp3) is 0.923. The Morgan fingerprint density at radius 3 is 2.75 bits per heavy atom. The lowest BCUT2D eigenvalue weighted by molar-refractivity contribution is -0.131. The molecule has 2 atom stereocenters. The van der Waals surface area contributed by atoms with Gasteiger partial charge in [0.25, 0.3) is 0 Å². The summed E-state index contributed by atoms with van der Waals surface area (Å²) >= 11 is 0. The lowest BCUT2D eigenvalue weighted by Gasteiger charge is -2.22. The molecule has 2 aliphatic heterocycles. The first-order valence-electron chi connectivity index (χ1n) is 6.55. The van der Waals surface area contributed by atoms with Crippen LogP contribution in [0.15, 0.2) is 0 Å². The molecule has 1 saturated carbocycles. The standard InChI is InChI=1S/C13H22N2O/c1-13(4-5-13)7-12(16)15-8-10-3-6-14(2)11(10)9-15/h10-11H,3-9H2,1-2H3/t10-,11+/m1/s1. The molecule has 0 radical (unpaired) electrons. The number of likely N-dealkylation sites (N-methyl/N-ethyl adjacent to an activating group) is 1. The number of likely N-dealkylation sites (tertiary alicyclic amines) is 2. The van der Waals surface area contributed by atoms with E-state index in [0.717, 1.165) is 25.4 Å². The Morgan fingerprint density at radius 1 is 1.38 bits per heavy atom. The molecule has 2 heterocycles. The zero-order valence-corrected chi connectivity index (χ0v) is 10.4. The van der Waals surface area contributed by atoms with Crippen LogP contribution in [0.2, 0.25) is 0 Å². The van der Waals surface area contributed by atoms with Gasteiger partial charge in [0, 0.05) is 25.6 Å². The van der Waals surface area contributed by atoms with Crippen LogP contribution in [0.3, 0.4) is 0 Å². The first-order chi connectivity index (χ1) is 7.57. The number of hydrogen-bond acceptors (Lipinski definition) is 2. The van der Waals surface area contributed by atoms with Gasteiger partial charge in [-0.1, -0.05) is 6.92 Å². The molecule has 0 aromatic heterocycles. The third-order valence-corrected chi connectivity index (χ3v) is 4.86. The van der Waals surface area contributed by atoms with Crippen LogP contribution < -0.4 is 0 Å². The van der Waals surface area contributed by atoms with Gasteiger partial charge in [0.1, 0.15) is 0 Å². The van der Waals surface area contributed by atoms with Gasteiger partial charge in [0.15, 0.2) is 0 Å². The van der Waals surface area contributed by atoms with E-state index in [4.69, 9.17) is 0 Å². The van der Waals surface area contributed by atoms with Crippen LogP contribution in [0.5, 0.6) is 0 Å². The van der Waals surface area contributed by atoms with Crippen LogP contribution in [-0.4, -0.2) is 48.4 Å². The van der Waals surface area contributed by atoms with E-state index in [1.807, 2.05) is 0 Å². The SMILES string of the molecule is CN1CC[C@@H]2CN(C(=O)CC3(C)CC3)C[C@@H]21. The zero-order valence-electron chi connectivity index (χ0n) is 10.4. The minimum absolute atomic E-state index is 0.362. The second-order valence-electron chi connectivity index (χ2n) is 6.38. The maximum atomic E-state index is 12.1. The molecule has 0 spiro atoms. The van der Waals surface area contributed by atoms with Gasteiger partial charge >= 0.3 is 0 Å². The third kappa shape index (κ3) is 1.75. The van der Waals surface area contributed by atoms with Crippen molar-refractivity contribution >= 4 is 5.91 Å². The Balaban J connectivity index is 1.59. The van der Waals surface area contributed by atoms with Crippen molar-refractivity contribution in [3.05, 3.63) is 0 Å². The van der Waals surface area contributed by atoms with Crippen molar-refractivity contribution in [1.82, 2.24) is 9.80 Å². The fourth-order valence-corrected chi connectivity index (χ4v) is 3.24. The number of nitrogens with zero attached hydrogens (tertiary/aromatic N) is 2. The molecule has 1 amide bonds. The molecule has 16 heavy (non-hydrogen) atoms. The number of hydrogen-bond donors (Lipinski definition) is 0. The van der Waals surface area contributed by atoms with Crippen molar-refractivity contribution in [1.29, 1.82) is 0 Å². The summed E-state index contributed by atoms with van der Waals surface area (Å²) in [7, 11) is 2.20. The van der Waals surface area contributed by atoms with Crippen molar-refractivity contribution in [3.63, 3.8) is 0 Å². The number of rotatable bonds is 2. The first kappa shape index (κ1) is 10.6. The summed E-state index contributed by atoms with van der Waals surface area (Å²) in [5.41, 5.74) is 0.362. The van der Waals surface area contributed by atoms with Crippen LogP contribution in [0.1, 0.15) is 32.6 Å². The smallest absolute Gasteiger partial charge is 0.223 e. The molecule has 2 saturated heterocycles. The van der Waals surface area contributed by atoms with Gasteiger partial charge in [0.05, 0.1) is 0 Å². The molecule has 0 N–H and O–H groups in total. The summed E-state index contributed by atoms with van der Waals surface area (Å²) in [6, 6.07) is 0.649. The summed E-state index contributed by atoms with van der Waals surface area (Å²) in [5, 5.41) is 0. The van der Waals surface area contributed by atoms with Crippen molar-refractivity contribution in [3.8, 4) is 0 Å². The van der Waals surface area contributed by atoms with E-state index in [0.29, 0.717) is 17.4 Å². The Kier molecular flexibility index (Phi) is 2.29. The lowest BCUT2D eigenvalue weighted by Crippen LogP contribution is -2.35. The maximum absolute atomic E-state index is 12.1. The molecule has 3 aliphatic rings. The molecule has 90 valence electrons. The Bertz CT molecular complexity index is 311. The second-order valence-corrected chi connectivity index (χ2v) is 6.38. The largest absolute Gasteiger partial charge is 0.341 e. The van der Waals surface area contributed by atoms with E-state index in [1.165, 1.54) is 25.8 Å². The summed E-state index contributed by atoms with van der Waals surface area (Å²) in [4.78, 5) is 16.7. The molecule has 3 rings (SSSR count). The second kappa shape index (κ2) is 3.46. The minimum Gasteiger partial charge on any atom is -0.341 e. The van der Waals surface area contributed by atoms with E-state index in [2.05, 4.69) is 23.8 Å². The summed E-state index contributed by atoms with van der Waals surface area (Å²) < 4.78 is 0. The average Bonchev–Trinajstić information content (AvgIpc) is 2.71. The number of amides is 1. The van der Waals surface area contributed by atoms with Gasteiger partial charge in [0.2, 0.25) is 5.91 Å². The van der Waals surface area contributed by atoms with Crippen LogP contribution >= 0.6 is 0 Å². The number of fused-ring (bicyclic) bond motifs is 1. The molecule has 3 nitrogen and oxygen atoms in total. The van der Waals surface area contributed by atoms with Crippen LogP contribution in [0.4, 0.5) is 0 Å². The average molecular weight is 222 g/mol. The fourth-order valence-electron chi connectivity index (χ4n) is 3.24. The van der Waals surface area contributed by atoms with Gasteiger partial charge in [-0.25, -0.2) is 0 Å². The zero-order chi connectivity index (χ0) is 11.3. The normalized spacial score (nSPS) is 36.5. The molecule has 1 aliphatic carbocycles. The molecule has 3 heteroatoms. The van der Waals surface area contributed by atoms with E-state index in [-0.39, 0.29) is 0 Å². The van der Waals surface area contributed by atoms with E-state index >= 15 is 0 Å². The maximum Gasteiger partial charge on any atom is 0.223 e. The molecule has 0 aromatic carbocycles. The molecule has 3 fully saturated rings. The molecular weight excluding hydrogens is 200 g/mol. The Hall–Kier alpha value is -0.570. The van der Waals surface area contributed by atoms with Crippen LogP contribution in [0, 0.1) is 11.3 Å². The molecule has 0 aromatic rings. The summed E-state index contributed by atoms with van der Waals surface area (Å²) in [5.74, 6) is 1.16. The quantitative estimate of drug-likeness (QED) is 0.704. The van der Waals surface area contributed by atoms with Crippen molar-refractivity contribution in [2.24, 2.45) is 11.3 Å². The number of carbonyl (C=O) groups excluding carboxylic acids is 1. The van der Waals surface area contributed by atoms with E-state index in [9.17, 15) is 4.79 Å². The first-order valence-corrected chi connectivity index (χ1v) is 6.55. The highest BCUT2D eigenvalue weighted by atomic mass is 16.2. The summed E-state index contributed by atoms with van der Waals surface area (Å²) in [6.07, 6.45) is 4.57. The molecular formula is C13H22N2O. The highest BCUT2D eigenvalue weighted by molar-refractivity contribution is 5.77. The van der Waals surface area contributed by atoms with Gasteiger partial charge in [-0.2, -0.15) is 0 Å². The van der Waals surface area contributed by atoms with E-state index in [1.54, 1.807) is 0 Å². The van der Waals surface area contributed by atoms with E-state index < -0.39 is 0 Å². The van der Waals surface area contributed by atoms with Gasteiger partial charge in [-0.15, -0.1) is 0 Å². The Morgan fingerprint density at radius 2 is 2.12 bits per heavy atom. The Labute approximate surface area is 97.8 Å². The third-order valence-electron chi connectivity index (χ3n) is 4.86. The lowest BCUT2D eigenvalue weighted by atomic mass is 10.0. The highest BCUT2D eigenvalue weighted by Crippen LogP contribution is 2.48. The summed E-state index contributed by atoms with van der Waals surface area (Å²) in [6.45, 7) is 5.46. The van der Waals surface area contributed by atoms with Crippen molar-refractivity contribution in [2.75, 3.05) is 26.7 Å². The predicted molar refractivity (Wildman–Crippen MR) is 63.1 cm³/mol. The van der Waals surface area contributed by atoms with Crippen molar-refractivity contribution < 1.29 is 4.79 Å². The minimum atomic E-state index is 0.362. The van der Waals surface area contributed by atoms with Gasteiger partial charge in [-0.3, -0.25) is 4.79 Å². The monoisotopic (exact) mass is 222 g/mol. The van der Waals surface area contributed by atoms with Gasteiger partial charge < -0.3 is 9.80 Å². The number of carbonyl (C=O) groups is 1. The topological polar surface area (TPSA) is 23.6 Å². The van der Waals surface area contributed by atoms with Gasteiger partial charge in [-0.05, 0) is 44.2 Å². The van der Waals surface area contributed by atoms with Crippen LogP contribution in [0.25, 0.3) is 0 Å². The van der Waals surface area contributed by atoms with Crippen LogP contribution in [-0.2, 0) is 4.79 Å². The molecule has 0 unspecified atom stereocenters. The predicted octanol–water partition coefficient (Wildman–Crippen LogP) is 1.34. The highest BCUT2D eigenvalue weighted by Gasteiger charge is 2.44. The van der Waals surface area contributed by atoms with Crippen molar-refractivity contribution in [2.45, 2.75) is 38.6 Å².